The number of benzene rings is 1. The van der Waals surface area contributed by atoms with Crippen LogP contribution in [0.4, 0.5) is 0 Å². The predicted molar refractivity (Wildman–Crippen MR) is 72.0 cm³/mol. The van der Waals surface area contributed by atoms with Gasteiger partial charge in [-0.15, -0.1) is 0 Å². The van der Waals surface area contributed by atoms with E-state index >= 15 is 0 Å². The maximum Gasteiger partial charge on any atom is 0.0412 e. The van der Waals surface area contributed by atoms with E-state index < -0.39 is 0 Å². The largest absolute Gasteiger partial charge is 0.321 e. The Kier molecular flexibility index (Phi) is 2.96. The van der Waals surface area contributed by atoms with Crippen molar-refractivity contribution >= 4 is 0 Å². The quantitative estimate of drug-likeness (QED) is 0.781. The molecule has 1 aromatic carbocycles. The molecule has 0 heterocycles. The molecule has 2 aliphatic carbocycles. The standard InChI is InChI=1S/C16H23N/c17-16(11-4-1-5-12-16)15-10-6-8-13-7-2-3-9-14(13)15/h6,8,10H,1-5,7,9,11-12,17H2. The summed E-state index contributed by atoms with van der Waals surface area (Å²) in [6, 6.07) is 6.84. The minimum atomic E-state index is -0.0130. The van der Waals surface area contributed by atoms with E-state index in [0.29, 0.717) is 0 Å². The van der Waals surface area contributed by atoms with Gasteiger partial charge in [0, 0.05) is 5.54 Å². The van der Waals surface area contributed by atoms with Crippen LogP contribution in [-0.2, 0) is 18.4 Å². The van der Waals surface area contributed by atoms with Crippen molar-refractivity contribution in [3.05, 3.63) is 34.9 Å². The van der Waals surface area contributed by atoms with Crippen LogP contribution in [0.5, 0.6) is 0 Å². The van der Waals surface area contributed by atoms with Crippen LogP contribution in [0.3, 0.4) is 0 Å². The Morgan fingerprint density at radius 3 is 2.47 bits per heavy atom. The molecule has 1 fully saturated rings. The zero-order valence-corrected chi connectivity index (χ0v) is 10.7. The van der Waals surface area contributed by atoms with Gasteiger partial charge < -0.3 is 5.73 Å². The molecular formula is C16H23N. The second kappa shape index (κ2) is 4.45. The topological polar surface area (TPSA) is 26.0 Å². The van der Waals surface area contributed by atoms with Gasteiger partial charge in [0.25, 0.3) is 0 Å². The Labute approximate surface area is 104 Å². The first-order valence-corrected chi connectivity index (χ1v) is 7.20. The van der Waals surface area contributed by atoms with E-state index in [0.717, 1.165) is 0 Å². The fraction of sp³-hybridized carbons (Fsp3) is 0.625. The third-order valence-corrected chi connectivity index (χ3v) is 4.68. The molecule has 0 unspecified atom stereocenters. The van der Waals surface area contributed by atoms with Gasteiger partial charge in [0.1, 0.15) is 0 Å². The molecule has 92 valence electrons. The molecule has 0 amide bonds. The number of nitrogens with two attached hydrogens (primary N) is 1. The molecule has 2 N–H and O–H groups in total. The zero-order valence-electron chi connectivity index (χ0n) is 10.7. The van der Waals surface area contributed by atoms with Crippen molar-refractivity contribution in [2.24, 2.45) is 5.73 Å². The second-order valence-corrected chi connectivity index (χ2v) is 5.87. The van der Waals surface area contributed by atoms with Crippen molar-refractivity contribution in [3.63, 3.8) is 0 Å². The molecule has 0 atom stereocenters. The van der Waals surface area contributed by atoms with Gasteiger partial charge in [0.2, 0.25) is 0 Å². The number of hydrogen-bond acceptors (Lipinski definition) is 1. The van der Waals surface area contributed by atoms with Crippen molar-refractivity contribution in [1.29, 1.82) is 0 Å². The van der Waals surface area contributed by atoms with Gasteiger partial charge in [-0.25, -0.2) is 0 Å². The highest BCUT2D eigenvalue weighted by atomic mass is 14.7. The normalized spacial score (nSPS) is 23.1. The van der Waals surface area contributed by atoms with E-state index in [2.05, 4.69) is 18.2 Å². The third kappa shape index (κ3) is 2.01. The fourth-order valence-corrected chi connectivity index (χ4v) is 3.70. The summed E-state index contributed by atoms with van der Waals surface area (Å²) in [7, 11) is 0. The number of aryl methyl sites for hydroxylation is 1. The molecule has 1 heteroatoms. The molecule has 0 radical (unpaired) electrons. The lowest BCUT2D eigenvalue weighted by Crippen LogP contribution is -2.40. The summed E-state index contributed by atoms with van der Waals surface area (Å²) in [5.74, 6) is 0. The Balaban J connectivity index is 2.01. The van der Waals surface area contributed by atoms with Gasteiger partial charge in [-0.1, -0.05) is 37.5 Å². The first kappa shape index (κ1) is 11.3. The van der Waals surface area contributed by atoms with Crippen molar-refractivity contribution < 1.29 is 0 Å². The first-order valence-electron chi connectivity index (χ1n) is 7.20. The van der Waals surface area contributed by atoms with Gasteiger partial charge in [-0.05, 0) is 55.2 Å². The monoisotopic (exact) mass is 229 g/mol. The molecule has 3 rings (SSSR count). The molecule has 1 aromatic rings. The summed E-state index contributed by atoms with van der Waals surface area (Å²) < 4.78 is 0. The summed E-state index contributed by atoms with van der Waals surface area (Å²) in [6.07, 6.45) is 11.6. The van der Waals surface area contributed by atoms with Gasteiger partial charge in [0.05, 0.1) is 0 Å². The zero-order chi connectivity index (χ0) is 11.7. The fourth-order valence-electron chi connectivity index (χ4n) is 3.70. The van der Waals surface area contributed by atoms with Crippen LogP contribution < -0.4 is 5.73 Å². The lowest BCUT2D eigenvalue weighted by molar-refractivity contribution is 0.299. The van der Waals surface area contributed by atoms with Crippen molar-refractivity contribution in [1.82, 2.24) is 0 Å². The van der Waals surface area contributed by atoms with Gasteiger partial charge in [0.15, 0.2) is 0 Å². The maximum absolute atomic E-state index is 6.70. The lowest BCUT2D eigenvalue weighted by Gasteiger charge is -2.37. The molecular weight excluding hydrogens is 206 g/mol. The van der Waals surface area contributed by atoms with Crippen LogP contribution in [0.1, 0.15) is 61.6 Å². The van der Waals surface area contributed by atoms with Crippen LogP contribution in [0.2, 0.25) is 0 Å². The highest BCUT2D eigenvalue weighted by molar-refractivity contribution is 5.41. The number of fused-ring (bicyclic) bond motifs is 1. The van der Waals surface area contributed by atoms with Gasteiger partial charge in [-0.2, -0.15) is 0 Å². The maximum atomic E-state index is 6.70. The minimum Gasteiger partial charge on any atom is -0.321 e. The van der Waals surface area contributed by atoms with E-state index in [4.69, 9.17) is 5.73 Å². The van der Waals surface area contributed by atoms with Crippen LogP contribution >= 0.6 is 0 Å². The first-order chi connectivity index (χ1) is 8.30. The Hall–Kier alpha value is -0.820. The Morgan fingerprint density at radius 2 is 1.65 bits per heavy atom. The summed E-state index contributed by atoms with van der Waals surface area (Å²) >= 11 is 0. The molecule has 17 heavy (non-hydrogen) atoms. The average Bonchev–Trinajstić information content (AvgIpc) is 2.39. The molecule has 2 aliphatic rings. The SMILES string of the molecule is NC1(c2cccc3c2CCCC3)CCCCC1. The second-order valence-electron chi connectivity index (χ2n) is 5.87. The van der Waals surface area contributed by atoms with E-state index in [-0.39, 0.29) is 5.54 Å². The highest BCUT2D eigenvalue weighted by Crippen LogP contribution is 2.38. The van der Waals surface area contributed by atoms with Gasteiger partial charge in [-0.3, -0.25) is 0 Å². The van der Waals surface area contributed by atoms with Crippen LogP contribution in [0.25, 0.3) is 0 Å². The Morgan fingerprint density at radius 1 is 0.882 bits per heavy atom. The number of hydrogen-bond donors (Lipinski definition) is 1. The summed E-state index contributed by atoms with van der Waals surface area (Å²) in [5, 5.41) is 0. The molecule has 0 spiro atoms. The van der Waals surface area contributed by atoms with Crippen molar-refractivity contribution in [2.75, 3.05) is 0 Å². The molecule has 0 aromatic heterocycles. The average molecular weight is 229 g/mol. The molecule has 0 saturated heterocycles. The molecule has 0 aliphatic heterocycles. The van der Waals surface area contributed by atoms with Gasteiger partial charge >= 0.3 is 0 Å². The summed E-state index contributed by atoms with van der Waals surface area (Å²) in [4.78, 5) is 0. The van der Waals surface area contributed by atoms with Crippen molar-refractivity contribution in [3.8, 4) is 0 Å². The lowest BCUT2D eigenvalue weighted by atomic mass is 9.73. The number of rotatable bonds is 1. The molecule has 1 saturated carbocycles. The Bertz CT molecular complexity index is 402. The van der Waals surface area contributed by atoms with Crippen molar-refractivity contribution in [2.45, 2.75) is 63.3 Å². The smallest absolute Gasteiger partial charge is 0.0412 e. The minimum absolute atomic E-state index is 0.0130. The van der Waals surface area contributed by atoms with Crippen LogP contribution in [0.15, 0.2) is 18.2 Å². The van der Waals surface area contributed by atoms with E-state index in [1.54, 1.807) is 11.1 Å². The third-order valence-electron chi connectivity index (χ3n) is 4.68. The van der Waals surface area contributed by atoms with E-state index in [1.165, 1.54) is 63.4 Å². The predicted octanol–water partition coefficient (Wildman–Crippen LogP) is 3.68. The summed E-state index contributed by atoms with van der Waals surface area (Å²) in [5.41, 5.74) is 11.3. The highest BCUT2D eigenvalue weighted by Gasteiger charge is 2.32. The van der Waals surface area contributed by atoms with Crippen LogP contribution in [0, 0.1) is 0 Å². The molecule has 0 bridgehead atoms. The van der Waals surface area contributed by atoms with E-state index in [9.17, 15) is 0 Å². The van der Waals surface area contributed by atoms with E-state index in [1.807, 2.05) is 0 Å². The molecule has 1 nitrogen and oxygen atoms in total. The summed E-state index contributed by atoms with van der Waals surface area (Å²) in [6.45, 7) is 0. The van der Waals surface area contributed by atoms with Crippen LogP contribution in [-0.4, -0.2) is 0 Å².